The predicted molar refractivity (Wildman–Crippen MR) is 125 cm³/mol. The average molecular weight is 472 g/mol. The zero-order valence-electron chi connectivity index (χ0n) is 17.6. The molecule has 8 nitrogen and oxygen atoms in total. The Morgan fingerprint density at radius 2 is 1.94 bits per heavy atom. The second-order valence-corrected chi connectivity index (χ2v) is 11.1. The van der Waals surface area contributed by atoms with Crippen molar-refractivity contribution < 1.29 is 13.2 Å². The van der Waals surface area contributed by atoms with Crippen LogP contribution < -0.4 is 10.2 Å². The van der Waals surface area contributed by atoms with Crippen molar-refractivity contribution in [2.75, 3.05) is 36.4 Å². The van der Waals surface area contributed by atoms with Crippen LogP contribution in [0.25, 0.3) is 10.9 Å². The zero-order valence-corrected chi connectivity index (χ0v) is 19.2. The highest BCUT2D eigenvalue weighted by Crippen LogP contribution is 2.28. The first kappa shape index (κ1) is 21.3. The zero-order chi connectivity index (χ0) is 22.1. The second-order valence-electron chi connectivity index (χ2n) is 8.25. The van der Waals surface area contributed by atoms with Gasteiger partial charge in [-0.3, -0.25) is 4.79 Å². The van der Waals surface area contributed by atoms with Gasteiger partial charge in [0.1, 0.15) is 5.82 Å². The normalized spacial score (nSPS) is 20.0. The number of anilines is 2. The molecule has 1 amide bonds. The number of thiazole rings is 1. The van der Waals surface area contributed by atoms with E-state index in [9.17, 15) is 13.2 Å². The molecule has 5 rings (SSSR count). The number of benzene rings is 1. The lowest BCUT2D eigenvalue weighted by molar-refractivity contribution is -0.120. The number of fused-ring (bicyclic) bond motifs is 1. The number of piperidine rings is 1. The Morgan fingerprint density at radius 1 is 1.09 bits per heavy atom. The molecule has 32 heavy (non-hydrogen) atoms. The Morgan fingerprint density at radius 3 is 2.72 bits per heavy atom. The summed E-state index contributed by atoms with van der Waals surface area (Å²) in [5.41, 5.74) is 0.747. The Hall–Kier alpha value is -2.56. The third-order valence-electron chi connectivity index (χ3n) is 6.13. The van der Waals surface area contributed by atoms with E-state index in [0.717, 1.165) is 48.9 Å². The Kier molecular flexibility index (Phi) is 5.83. The Bertz CT molecular complexity index is 1220. The van der Waals surface area contributed by atoms with Gasteiger partial charge in [-0.05, 0) is 56.0 Å². The number of rotatable bonds is 5. The van der Waals surface area contributed by atoms with Crippen LogP contribution in [0.4, 0.5) is 10.9 Å². The van der Waals surface area contributed by atoms with Crippen molar-refractivity contribution in [1.82, 2.24) is 14.3 Å². The van der Waals surface area contributed by atoms with Crippen LogP contribution in [0.2, 0.25) is 0 Å². The number of hydrogen-bond donors (Lipinski definition) is 1. The molecule has 1 aromatic carbocycles. The topological polar surface area (TPSA) is 95.5 Å². The molecule has 1 N–H and O–H groups in total. The van der Waals surface area contributed by atoms with Crippen LogP contribution in [0.1, 0.15) is 25.7 Å². The molecule has 0 unspecified atom stereocenters. The second kappa shape index (κ2) is 8.76. The SMILES string of the molecule is O=C(Nc1nccs1)[C@H]1CCCN(c2ccc3cc(S(=O)(=O)N4CCCC4)ccc3n2)C1. The van der Waals surface area contributed by atoms with Crippen LogP contribution in [0, 0.1) is 5.92 Å². The molecule has 2 fully saturated rings. The maximum atomic E-state index is 12.9. The van der Waals surface area contributed by atoms with E-state index in [4.69, 9.17) is 4.98 Å². The van der Waals surface area contributed by atoms with Crippen molar-refractivity contribution >= 4 is 49.1 Å². The lowest BCUT2D eigenvalue weighted by atomic mass is 9.97. The van der Waals surface area contributed by atoms with E-state index in [2.05, 4.69) is 15.2 Å². The van der Waals surface area contributed by atoms with Gasteiger partial charge in [0, 0.05) is 43.1 Å². The maximum Gasteiger partial charge on any atom is 0.243 e. The van der Waals surface area contributed by atoms with Gasteiger partial charge in [-0.15, -0.1) is 11.3 Å². The van der Waals surface area contributed by atoms with E-state index < -0.39 is 10.0 Å². The molecule has 2 saturated heterocycles. The summed E-state index contributed by atoms with van der Waals surface area (Å²) >= 11 is 1.41. The van der Waals surface area contributed by atoms with E-state index in [0.29, 0.717) is 29.7 Å². The summed E-state index contributed by atoms with van der Waals surface area (Å²) in [5, 5.41) is 6.15. The largest absolute Gasteiger partial charge is 0.356 e. The molecule has 3 aromatic rings. The van der Waals surface area contributed by atoms with E-state index in [1.54, 1.807) is 28.7 Å². The van der Waals surface area contributed by atoms with Crippen LogP contribution in [0.3, 0.4) is 0 Å². The van der Waals surface area contributed by atoms with Crippen molar-refractivity contribution in [1.29, 1.82) is 0 Å². The molecule has 2 aliphatic heterocycles. The van der Waals surface area contributed by atoms with Gasteiger partial charge in [0.25, 0.3) is 0 Å². The monoisotopic (exact) mass is 471 g/mol. The number of pyridine rings is 1. The summed E-state index contributed by atoms with van der Waals surface area (Å²) in [6.07, 6.45) is 5.24. The number of nitrogens with zero attached hydrogens (tertiary/aromatic N) is 4. The van der Waals surface area contributed by atoms with Gasteiger partial charge < -0.3 is 10.2 Å². The van der Waals surface area contributed by atoms with Gasteiger partial charge in [-0.25, -0.2) is 18.4 Å². The van der Waals surface area contributed by atoms with Gasteiger partial charge in [0.2, 0.25) is 15.9 Å². The van der Waals surface area contributed by atoms with Crippen LogP contribution in [-0.2, 0) is 14.8 Å². The minimum absolute atomic E-state index is 0.0119. The summed E-state index contributed by atoms with van der Waals surface area (Å²) < 4.78 is 27.3. The minimum Gasteiger partial charge on any atom is -0.356 e. The van der Waals surface area contributed by atoms with Crippen LogP contribution in [-0.4, -0.2) is 54.8 Å². The quantitative estimate of drug-likeness (QED) is 0.613. The summed E-state index contributed by atoms with van der Waals surface area (Å²) in [6.45, 7) is 2.60. The number of amides is 1. The van der Waals surface area contributed by atoms with Crippen LogP contribution >= 0.6 is 11.3 Å². The standard InChI is InChI=1S/C22H25N5O3S2/c28-21(25-22-23-9-13-31-22)17-4-3-10-26(15-17)20-8-5-16-14-18(6-7-19(16)24-20)32(29,30)27-11-1-2-12-27/h5-9,13-14,17H,1-4,10-12,15H2,(H,23,25,28)/t17-/m0/s1. The summed E-state index contributed by atoms with van der Waals surface area (Å²) in [6, 6.07) is 8.96. The highest BCUT2D eigenvalue weighted by Gasteiger charge is 2.29. The molecule has 168 valence electrons. The summed E-state index contributed by atoms with van der Waals surface area (Å²) in [7, 11) is -3.45. The average Bonchev–Trinajstić information content (AvgIpc) is 3.53. The number of aromatic nitrogens is 2. The molecule has 1 atom stereocenters. The first-order valence-electron chi connectivity index (χ1n) is 10.9. The Balaban J connectivity index is 1.33. The van der Waals surface area contributed by atoms with Crippen molar-refractivity contribution in [3.05, 3.63) is 41.9 Å². The number of nitrogens with one attached hydrogen (secondary N) is 1. The molecule has 0 spiro atoms. The van der Waals surface area contributed by atoms with Crippen molar-refractivity contribution in [3.63, 3.8) is 0 Å². The van der Waals surface area contributed by atoms with Gasteiger partial charge >= 0.3 is 0 Å². The van der Waals surface area contributed by atoms with Crippen LogP contribution in [0.5, 0.6) is 0 Å². The molecule has 10 heteroatoms. The van der Waals surface area contributed by atoms with E-state index in [-0.39, 0.29) is 11.8 Å². The predicted octanol–water partition coefficient (Wildman–Crippen LogP) is 3.33. The molecule has 2 aliphatic rings. The first-order valence-corrected chi connectivity index (χ1v) is 13.2. The van der Waals surface area contributed by atoms with Crippen molar-refractivity contribution in [2.24, 2.45) is 5.92 Å². The summed E-state index contributed by atoms with van der Waals surface area (Å²) in [4.78, 5) is 24.0. The van der Waals surface area contributed by atoms with Crippen molar-refractivity contribution in [3.8, 4) is 0 Å². The van der Waals surface area contributed by atoms with Gasteiger partial charge in [-0.2, -0.15) is 4.31 Å². The molecule has 0 saturated carbocycles. The summed E-state index contributed by atoms with van der Waals surface area (Å²) in [5.74, 6) is 0.666. The highest BCUT2D eigenvalue weighted by atomic mass is 32.2. The fourth-order valence-electron chi connectivity index (χ4n) is 4.40. The number of carbonyl (C=O) groups is 1. The van der Waals surface area contributed by atoms with E-state index >= 15 is 0 Å². The molecule has 2 aromatic heterocycles. The fourth-order valence-corrected chi connectivity index (χ4v) is 6.48. The first-order chi connectivity index (χ1) is 15.5. The van der Waals surface area contributed by atoms with Gasteiger partial charge in [0.15, 0.2) is 5.13 Å². The molecular weight excluding hydrogens is 446 g/mol. The molecule has 0 radical (unpaired) electrons. The maximum absolute atomic E-state index is 12.9. The molecule has 4 heterocycles. The third-order valence-corrected chi connectivity index (χ3v) is 8.71. The highest BCUT2D eigenvalue weighted by molar-refractivity contribution is 7.89. The lowest BCUT2D eigenvalue weighted by Gasteiger charge is -2.32. The van der Waals surface area contributed by atoms with E-state index in [1.165, 1.54) is 11.3 Å². The van der Waals surface area contributed by atoms with Gasteiger partial charge in [0.05, 0.1) is 16.3 Å². The minimum atomic E-state index is -3.45. The molecule has 0 aliphatic carbocycles. The van der Waals surface area contributed by atoms with Crippen molar-refractivity contribution in [2.45, 2.75) is 30.6 Å². The number of sulfonamides is 1. The number of carbonyl (C=O) groups excluding carboxylic acids is 1. The Labute approximate surface area is 191 Å². The van der Waals surface area contributed by atoms with E-state index in [1.807, 2.05) is 17.5 Å². The van der Waals surface area contributed by atoms with Gasteiger partial charge in [-0.1, -0.05) is 0 Å². The smallest absolute Gasteiger partial charge is 0.243 e. The molecular formula is C22H25N5O3S2. The fraction of sp³-hybridized carbons (Fsp3) is 0.409. The van der Waals surface area contributed by atoms with Crippen LogP contribution in [0.15, 0.2) is 46.8 Å². The lowest BCUT2D eigenvalue weighted by Crippen LogP contribution is -2.41. The third kappa shape index (κ3) is 4.22. The molecule has 0 bridgehead atoms. The number of hydrogen-bond acceptors (Lipinski definition) is 7.